The summed E-state index contributed by atoms with van der Waals surface area (Å²) in [4.78, 5) is 9.69. The molecule has 9 heavy (non-hydrogen) atoms. The predicted molar refractivity (Wildman–Crippen MR) is 30.3 cm³/mol. The quantitative estimate of drug-likeness (QED) is 0.444. The van der Waals surface area contributed by atoms with Crippen molar-refractivity contribution < 1.29 is 14.3 Å². The standard InChI is InChI=1S/C6H5FO2/c1-2-3-4-5(7)6(8)9/h1,4H,3H2,(H,8,9). The molecule has 0 saturated heterocycles. The summed E-state index contributed by atoms with van der Waals surface area (Å²) in [6.07, 6.45) is 5.57. The lowest BCUT2D eigenvalue weighted by Crippen LogP contribution is -1.93. The summed E-state index contributed by atoms with van der Waals surface area (Å²) in [5, 5.41) is 7.90. The molecule has 48 valence electrons. The molecule has 2 nitrogen and oxygen atoms in total. The SMILES string of the molecule is C#CCC=C(F)C(=O)O. The van der Waals surface area contributed by atoms with Crippen LogP contribution in [0.1, 0.15) is 6.42 Å². The third-order valence-corrected chi connectivity index (χ3v) is 0.603. The van der Waals surface area contributed by atoms with E-state index in [-0.39, 0.29) is 6.42 Å². The first-order chi connectivity index (χ1) is 4.18. The molecule has 0 spiro atoms. The van der Waals surface area contributed by atoms with Gasteiger partial charge in [0.25, 0.3) is 0 Å². The number of hydrogen-bond donors (Lipinski definition) is 1. The minimum Gasteiger partial charge on any atom is -0.476 e. The van der Waals surface area contributed by atoms with Crippen LogP contribution in [0.3, 0.4) is 0 Å². The molecule has 0 rings (SSSR count). The van der Waals surface area contributed by atoms with Crippen molar-refractivity contribution in [3.8, 4) is 12.3 Å². The molecular weight excluding hydrogens is 123 g/mol. The molecule has 0 saturated carbocycles. The van der Waals surface area contributed by atoms with Crippen LogP contribution < -0.4 is 0 Å². The number of aliphatic carboxylic acids is 1. The van der Waals surface area contributed by atoms with E-state index < -0.39 is 11.8 Å². The normalized spacial score (nSPS) is 10.4. The van der Waals surface area contributed by atoms with Crippen molar-refractivity contribution in [1.29, 1.82) is 0 Å². The zero-order chi connectivity index (χ0) is 7.28. The fourth-order valence-corrected chi connectivity index (χ4v) is 0.236. The van der Waals surface area contributed by atoms with E-state index in [1.807, 2.05) is 0 Å². The molecule has 0 atom stereocenters. The summed E-state index contributed by atoms with van der Waals surface area (Å²) in [5.74, 6) is -0.706. The maximum atomic E-state index is 11.9. The highest BCUT2D eigenvalue weighted by Crippen LogP contribution is 1.96. The van der Waals surface area contributed by atoms with Crippen molar-refractivity contribution in [3.05, 3.63) is 11.9 Å². The van der Waals surface area contributed by atoms with Crippen LogP contribution in [0.15, 0.2) is 11.9 Å². The topological polar surface area (TPSA) is 37.3 Å². The first-order valence-corrected chi connectivity index (χ1v) is 2.21. The lowest BCUT2D eigenvalue weighted by Gasteiger charge is -1.82. The van der Waals surface area contributed by atoms with Crippen LogP contribution in [0, 0.1) is 12.3 Å². The van der Waals surface area contributed by atoms with E-state index in [0.29, 0.717) is 0 Å². The van der Waals surface area contributed by atoms with Gasteiger partial charge in [-0.05, 0) is 6.08 Å². The Morgan fingerprint density at radius 2 is 2.44 bits per heavy atom. The van der Waals surface area contributed by atoms with Gasteiger partial charge in [0, 0.05) is 6.42 Å². The average molecular weight is 128 g/mol. The molecule has 0 amide bonds. The number of terminal acetylenes is 1. The van der Waals surface area contributed by atoms with Gasteiger partial charge in [0.15, 0.2) is 0 Å². The van der Waals surface area contributed by atoms with E-state index in [0.717, 1.165) is 6.08 Å². The van der Waals surface area contributed by atoms with E-state index in [1.54, 1.807) is 0 Å². The molecule has 0 aromatic carbocycles. The fourth-order valence-electron chi connectivity index (χ4n) is 0.236. The van der Waals surface area contributed by atoms with Crippen molar-refractivity contribution in [2.75, 3.05) is 0 Å². The molecule has 0 aromatic rings. The second-order valence-corrected chi connectivity index (χ2v) is 1.27. The minimum atomic E-state index is -1.58. The van der Waals surface area contributed by atoms with Crippen molar-refractivity contribution in [2.24, 2.45) is 0 Å². The summed E-state index contributed by atoms with van der Waals surface area (Å²) in [6.45, 7) is 0. The van der Waals surface area contributed by atoms with Gasteiger partial charge in [-0.25, -0.2) is 4.79 Å². The van der Waals surface area contributed by atoms with Crippen molar-refractivity contribution in [1.82, 2.24) is 0 Å². The van der Waals surface area contributed by atoms with E-state index >= 15 is 0 Å². The van der Waals surface area contributed by atoms with Gasteiger partial charge in [-0.15, -0.1) is 12.3 Å². The summed E-state index contributed by atoms with van der Waals surface area (Å²) >= 11 is 0. The molecule has 0 heterocycles. The van der Waals surface area contributed by atoms with Gasteiger partial charge < -0.3 is 5.11 Å². The Balaban J connectivity index is 3.88. The van der Waals surface area contributed by atoms with Gasteiger partial charge >= 0.3 is 5.97 Å². The molecule has 0 fully saturated rings. The van der Waals surface area contributed by atoms with Crippen molar-refractivity contribution >= 4 is 5.97 Å². The molecule has 0 bridgehead atoms. The molecule has 0 aliphatic rings. The molecule has 0 aliphatic heterocycles. The second kappa shape index (κ2) is 3.67. The van der Waals surface area contributed by atoms with Gasteiger partial charge in [0.05, 0.1) is 0 Å². The lowest BCUT2D eigenvalue weighted by molar-refractivity contribution is -0.134. The van der Waals surface area contributed by atoms with Crippen LogP contribution in [0.4, 0.5) is 4.39 Å². The van der Waals surface area contributed by atoms with Gasteiger partial charge in [0.2, 0.25) is 5.83 Å². The Hall–Kier alpha value is -1.30. The summed E-state index contributed by atoms with van der Waals surface area (Å²) in [6, 6.07) is 0. The molecule has 1 N–H and O–H groups in total. The number of carboxylic acids is 1. The van der Waals surface area contributed by atoms with Crippen molar-refractivity contribution in [3.63, 3.8) is 0 Å². The van der Waals surface area contributed by atoms with Crippen LogP contribution in [0.5, 0.6) is 0 Å². The van der Waals surface area contributed by atoms with Crippen LogP contribution in [-0.2, 0) is 4.79 Å². The van der Waals surface area contributed by atoms with E-state index in [2.05, 4.69) is 5.92 Å². The minimum absolute atomic E-state index is 0.0120. The first kappa shape index (κ1) is 7.70. The molecular formula is C6H5FO2. The Morgan fingerprint density at radius 3 is 2.78 bits per heavy atom. The highest BCUT2D eigenvalue weighted by atomic mass is 19.1. The second-order valence-electron chi connectivity index (χ2n) is 1.27. The van der Waals surface area contributed by atoms with Gasteiger partial charge in [-0.1, -0.05) is 0 Å². The lowest BCUT2D eigenvalue weighted by atomic mass is 10.4. The Morgan fingerprint density at radius 1 is 1.89 bits per heavy atom. The maximum absolute atomic E-state index is 11.9. The van der Waals surface area contributed by atoms with Gasteiger partial charge in [-0.2, -0.15) is 4.39 Å². The Kier molecular flexibility index (Phi) is 3.14. The zero-order valence-corrected chi connectivity index (χ0v) is 4.60. The van der Waals surface area contributed by atoms with Crippen LogP contribution in [0.2, 0.25) is 0 Å². The molecule has 0 aliphatic carbocycles. The van der Waals surface area contributed by atoms with E-state index in [4.69, 9.17) is 11.5 Å². The summed E-state index contributed by atoms with van der Waals surface area (Å²) in [5.41, 5.74) is 0. The number of allylic oxidation sites excluding steroid dienone is 1. The number of hydrogen-bond acceptors (Lipinski definition) is 1. The average Bonchev–Trinajstić information content (AvgIpc) is 1.82. The number of carboxylic acid groups (broad SMARTS) is 1. The van der Waals surface area contributed by atoms with Gasteiger partial charge in [-0.3, -0.25) is 0 Å². The summed E-state index contributed by atoms with van der Waals surface area (Å²) in [7, 11) is 0. The first-order valence-electron chi connectivity index (χ1n) is 2.21. The fraction of sp³-hybridized carbons (Fsp3) is 0.167. The Bertz CT molecular complexity index is 176. The van der Waals surface area contributed by atoms with Crippen molar-refractivity contribution in [2.45, 2.75) is 6.42 Å². The number of carbonyl (C=O) groups is 1. The summed E-state index contributed by atoms with van der Waals surface area (Å²) < 4.78 is 11.9. The molecule has 3 heteroatoms. The predicted octanol–water partition coefficient (Wildman–Crippen LogP) is 0.948. The molecule has 0 unspecified atom stereocenters. The maximum Gasteiger partial charge on any atom is 0.364 e. The monoisotopic (exact) mass is 128 g/mol. The van der Waals surface area contributed by atoms with E-state index in [1.165, 1.54) is 0 Å². The molecule has 0 radical (unpaired) electrons. The van der Waals surface area contributed by atoms with Gasteiger partial charge in [0.1, 0.15) is 0 Å². The smallest absolute Gasteiger partial charge is 0.364 e. The Labute approximate surface area is 52.0 Å². The third-order valence-electron chi connectivity index (χ3n) is 0.603. The zero-order valence-electron chi connectivity index (χ0n) is 4.60. The number of halogens is 1. The molecule has 0 aromatic heterocycles. The van der Waals surface area contributed by atoms with Crippen LogP contribution >= 0.6 is 0 Å². The highest BCUT2D eigenvalue weighted by molar-refractivity contribution is 5.83. The van der Waals surface area contributed by atoms with E-state index in [9.17, 15) is 9.18 Å². The largest absolute Gasteiger partial charge is 0.476 e. The third kappa shape index (κ3) is 3.30. The van der Waals surface area contributed by atoms with Crippen LogP contribution in [0.25, 0.3) is 0 Å². The highest BCUT2D eigenvalue weighted by Gasteiger charge is 2.01. The van der Waals surface area contributed by atoms with Crippen LogP contribution in [-0.4, -0.2) is 11.1 Å². The number of rotatable bonds is 2.